The van der Waals surface area contributed by atoms with Crippen molar-refractivity contribution < 1.29 is 14.0 Å². The molecule has 2 aliphatic carbocycles. The average molecular weight is 372 g/mol. The number of carbonyl (C=O) groups excluding carboxylic acids is 2. The number of amides is 2. The topological polar surface area (TPSA) is 40.6 Å². The summed E-state index contributed by atoms with van der Waals surface area (Å²) in [6.45, 7) is 0.206. The Kier molecular flexibility index (Phi) is 5.46. The van der Waals surface area contributed by atoms with Crippen LogP contribution in [0.5, 0.6) is 0 Å². The van der Waals surface area contributed by atoms with Crippen LogP contribution in [0.3, 0.4) is 0 Å². The lowest BCUT2D eigenvalue weighted by atomic mass is 9.95. The Balaban J connectivity index is 1.66. The molecule has 0 N–H and O–H groups in total. The molecule has 0 aromatic heterocycles. The predicted octanol–water partition coefficient (Wildman–Crippen LogP) is 4.20. The van der Waals surface area contributed by atoms with Crippen LogP contribution in [-0.2, 0) is 9.59 Å². The quantitative estimate of drug-likeness (QED) is 0.746. The van der Waals surface area contributed by atoms with Gasteiger partial charge in [-0.05, 0) is 43.4 Å². The Hall–Kier alpha value is -1.91. The maximum Gasteiger partial charge on any atom is 0.250 e. The summed E-state index contributed by atoms with van der Waals surface area (Å²) >= 11 is 0. The van der Waals surface area contributed by atoms with Crippen LogP contribution in [0, 0.1) is 5.82 Å². The monoisotopic (exact) mass is 372 g/mol. The van der Waals surface area contributed by atoms with Gasteiger partial charge in [0.2, 0.25) is 5.91 Å². The summed E-state index contributed by atoms with van der Waals surface area (Å²) < 4.78 is 13.5. The first-order valence-corrected chi connectivity index (χ1v) is 10.5. The number of halogens is 1. The van der Waals surface area contributed by atoms with Gasteiger partial charge in [-0.3, -0.25) is 9.59 Å². The minimum atomic E-state index is -0.599. The fourth-order valence-electron chi connectivity index (χ4n) is 5.15. The minimum Gasteiger partial charge on any atom is -0.328 e. The van der Waals surface area contributed by atoms with Crippen molar-refractivity contribution in [3.63, 3.8) is 0 Å². The highest BCUT2D eigenvalue weighted by Crippen LogP contribution is 2.37. The number of hydrogen-bond donors (Lipinski definition) is 0. The van der Waals surface area contributed by atoms with Crippen LogP contribution in [0.4, 0.5) is 4.39 Å². The predicted molar refractivity (Wildman–Crippen MR) is 101 cm³/mol. The van der Waals surface area contributed by atoms with Gasteiger partial charge in [0.25, 0.3) is 5.91 Å². The fourth-order valence-corrected chi connectivity index (χ4v) is 5.15. The van der Waals surface area contributed by atoms with Crippen LogP contribution >= 0.6 is 0 Å². The molecular weight excluding hydrogens is 343 g/mol. The molecule has 1 atom stereocenters. The van der Waals surface area contributed by atoms with Gasteiger partial charge >= 0.3 is 0 Å². The second-order valence-corrected chi connectivity index (χ2v) is 8.30. The zero-order chi connectivity index (χ0) is 18.8. The van der Waals surface area contributed by atoms with Crippen LogP contribution in [-0.4, -0.2) is 40.2 Å². The lowest BCUT2D eigenvalue weighted by Gasteiger charge is -2.46. The Morgan fingerprint density at radius 1 is 0.778 bits per heavy atom. The second kappa shape index (κ2) is 7.99. The first kappa shape index (κ1) is 18.5. The molecule has 1 aliphatic heterocycles. The van der Waals surface area contributed by atoms with E-state index in [9.17, 15) is 14.0 Å². The molecule has 146 valence electrons. The molecule has 4 nitrogen and oxygen atoms in total. The highest BCUT2D eigenvalue weighted by Gasteiger charge is 2.45. The molecule has 1 aromatic carbocycles. The fraction of sp³-hybridized carbons (Fsp3) is 0.636. The molecule has 1 aromatic rings. The van der Waals surface area contributed by atoms with Crippen LogP contribution in [0.1, 0.15) is 75.8 Å². The van der Waals surface area contributed by atoms with Crippen molar-refractivity contribution in [3.05, 3.63) is 35.6 Å². The van der Waals surface area contributed by atoms with Crippen molar-refractivity contribution in [2.75, 3.05) is 6.54 Å². The normalized spacial score (nSPS) is 25.9. The molecule has 2 amide bonds. The van der Waals surface area contributed by atoms with Gasteiger partial charge < -0.3 is 9.80 Å². The molecular formula is C22H29FN2O2. The average Bonchev–Trinajstić information content (AvgIpc) is 3.06. The summed E-state index contributed by atoms with van der Waals surface area (Å²) in [5.74, 6) is -0.235. The molecule has 3 fully saturated rings. The molecule has 0 spiro atoms. The number of piperazine rings is 1. The van der Waals surface area contributed by atoms with E-state index in [1.807, 2.05) is 9.80 Å². The molecule has 1 heterocycles. The van der Waals surface area contributed by atoms with E-state index in [0.29, 0.717) is 0 Å². The summed E-state index contributed by atoms with van der Waals surface area (Å²) in [5.41, 5.74) is 0.736. The van der Waals surface area contributed by atoms with E-state index in [1.165, 1.54) is 25.0 Å². The number of rotatable bonds is 3. The zero-order valence-electron chi connectivity index (χ0n) is 15.9. The first-order valence-electron chi connectivity index (χ1n) is 10.5. The highest BCUT2D eigenvalue weighted by molar-refractivity contribution is 5.96. The molecule has 1 unspecified atom stereocenters. The maximum atomic E-state index is 13.6. The summed E-state index contributed by atoms with van der Waals surface area (Å²) in [4.78, 5) is 30.4. The minimum absolute atomic E-state index is 0.0278. The van der Waals surface area contributed by atoms with Gasteiger partial charge in [-0.25, -0.2) is 4.39 Å². The van der Waals surface area contributed by atoms with E-state index in [2.05, 4.69) is 0 Å². The smallest absolute Gasteiger partial charge is 0.250 e. The van der Waals surface area contributed by atoms with Crippen LogP contribution < -0.4 is 0 Å². The van der Waals surface area contributed by atoms with Crippen LogP contribution in [0.25, 0.3) is 0 Å². The van der Waals surface area contributed by atoms with Gasteiger partial charge in [0.15, 0.2) is 0 Å². The summed E-state index contributed by atoms with van der Waals surface area (Å²) in [6, 6.07) is 5.83. The molecule has 3 aliphatic rings. The summed E-state index contributed by atoms with van der Waals surface area (Å²) in [6.07, 6.45) is 10.8. The third-order valence-corrected chi connectivity index (χ3v) is 6.56. The van der Waals surface area contributed by atoms with Crippen molar-refractivity contribution >= 4 is 11.8 Å². The molecule has 0 radical (unpaired) electrons. The van der Waals surface area contributed by atoms with E-state index in [1.54, 1.807) is 12.1 Å². The van der Waals surface area contributed by atoms with E-state index in [0.717, 1.165) is 56.9 Å². The SMILES string of the molecule is O=C1C(c2ccc(F)cc2)N(C2CCCC2)C(=O)CN1C1CCCCCC1. The van der Waals surface area contributed by atoms with E-state index < -0.39 is 6.04 Å². The largest absolute Gasteiger partial charge is 0.328 e. The zero-order valence-corrected chi connectivity index (χ0v) is 15.9. The standard InChI is InChI=1S/C22H29FN2O2/c23-17-13-11-16(12-14-17)21-22(27)24(18-7-3-1-2-4-8-18)15-20(26)25(21)19-9-5-6-10-19/h11-14,18-19,21H,1-10,15H2. The van der Waals surface area contributed by atoms with Gasteiger partial charge in [0.05, 0.1) is 0 Å². The van der Waals surface area contributed by atoms with Gasteiger partial charge in [-0.2, -0.15) is 0 Å². The Morgan fingerprint density at radius 2 is 1.33 bits per heavy atom. The number of benzene rings is 1. The Bertz CT molecular complexity index is 676. The van der Waals surface area contributed by atoms with E-state index in [-0.39, 0.29) is 36.3 Å². The second-order valence-electron chi connectivity index (χ2n) is 8.30. The first-order chi connectivity index (χ1) is 13.1. The molecule has 0 bridgehead atoms. The van der Waals surface area contributed by atoms with Crippen molar-refractivity contribution in [1.82, 2.24) is 9.80 Å². The van der Waals surface area contributed by atoms with Crippen molar-refractivity contribution in [1.29, 1.82) is 0 Å². The van der Waals surface area contributed by atoms with Gasteiger partial charge in [0, 0.05) is 12.1 Å². The summed E-state index contributed by atoms with van der Waals surface area (Å²) in [7, 11) is 0. The maximum absolute atomic E-state index is 13.6. The molecule has 4 rings (SSSR count). The Morgan fingerprint density at radius 3 is 1.96 bits per heavy atom. The van der Waals surface area contributed by atoms with Gasteiger partial charge in [0.1, 0.15) is 18.4 Å². The molecule has 2 saturated carbocycles. The Labute approximate surface area is 160 Å². The van der Waals surface area contributed by atoms with Gasteiger partial charge in [-0.15, -0.1) is 0 Å². The number of carbonyl (C=O) groups is 2. The number of hydrogen-bond acceptors (Lipinski definition) is 2. The molecule has 5 heteroatoms. The van der Waals surface area contributed by atoms with Crippen LogP contribution in [0.2, 0.25) is 0 Å². The van der Waals surface area contributed by atoms with Crippen molar-refractivity contribution in [3.8, 4) is 0 Å². The third-order valence-electron chi connectivity index (χ3n) is 6.56. The van der Waals surface area contributed by atoms with Crippen LogP contribution in [0.15, 0.2) is 24.3 Å². The van der Waals surface area contributed by atoms with Crippen molar-refractivity contribution in [2.24, 2.45) is 0 Å². The third kappa shape index (κ3) is 3.74. The van der Waals surface area contributed by atoms with E-state index >= 15 is 0 Å². The lowest BCUT2D eigenvalue weighted by Crippen LogP contribution is -2.60. The number of nitrogens with zero attached hydrogens (tertiary/aromatic N) is 2. The highest BCUT2D eigenvalue weighted by atomic mass is 19.1. The summed E-state index contributed by atoms with van der Waals surface area (Å²) in [5, 5.41) is 0. The lowest BCUT2D eigenvalue weighted by molar-refractivity contribution is -0.161. The van der Waals surface area contributed by atoms with Crippen molar-refractivity contribution in [2.45, 2.75) is 82.3 Å². The molecule has 1 saturated heterocycles. The van der Waals surface area contributed by atoms with E-state index in [4.69, 9.17) is 0 Å². The molecule has 27 heavy (non-hydrogen) atoms. The van der Waals surface area contributed by atoms with Gasteiger partial charge in [-0.1, -0.05) is 50.7 Å².